The standard InChI is InChI=1S/C23H22FN7O.C2H6/c1-29-12-20-21(17(10-25)28-30(20)2)13-8-19(22(26)27-11-13)31-7-3-4-18(31)16-9-14(24)5-6-15(16)23(29)32;1-2/h5-6,8-9,11,18H,3-4,7,12H2,1-2H3,(H2,26,27);1-2H3. The molecule has 0 saturated carbocycles. The number of halogens is 1. The second-order valence-electron chi connectivity index (χ2n) is 8.28. The van der Waals surface area contributed by atoms with Crippen LogP contribution in [0, 0.1) is 17.1 Å². The highest BCUT2D eigenvalue weighted by Crippen LogP contribution is 2.42. The van der Waals surface area contributed by atoms with E-state index in [1.54, 1.807) is 35.9 Å². The van der Waals surface area contributed by atoms with Crippen LogP contribution in [-0.4, -0.2) is 39.2 Å². The predicted octanol–water partition coefficient (Wildman–Crippen LogP) is 4.03. The van der Waals surface area contributed by atoms with E-state index in [1.807, 2.05) is 19.9 Å². The number of fused-ring (bicyclic) bond motifs is 8. The Balaban J connectivity index is 0.00000133. The summed E-state index contributed by atoms with van der Waals surface area (Å²) in [6.07, 6.45) is 3.26. The van der Waals surface area contributed by atoms with Crippen LogP contribution in [0.2, 0.25) is 0 Å². The smallest absolute Gasteiger partial charge is 0.254 e. The van der Waals surface area contributed by atoms with Crippen molar-refractivity contribution < 1.29 is 9.18 Å². The van der Waals surface area contributed by atoms with Gasteiger partial charge in [-0.3, -0.25) is 9.48 Å². The zero-order chi connectivity index (χ0) is 24.6. The third-order valence-corrected chi connectivity index (χ3v) is 6.36. The van der Waals surface area contributed by atoms with Crippen molar-refractivity contribution in [2.45, 2.75) is 39.3 Å². The molecule has 1 saturated heterocycles. The summed E-state index contributed by atoms with van der Waals surface area (Å²) in [5.41, 5.74) is 10.4. The molecule has 2 aromatic heterocycles. The lowest BCUT2D eigenvalue weighted by Crippen LogP contribution is -2.31. The first-order valence-corrected chi connectivity index (χ1v) is 11.4. The van der Waals surface area contributed by atoms with Crippen LogP contribution in [0.4, 0.5) is 15.9 Å². The van der Waals surface area contributed by atoms with Gasteiger partial charge < -0.3 is 15.5 Å². The summed E-state index contributed by atoms with van der Waals surface area (Å²) < 4.78 is 15.9. The molecule has 34 heavy (non-hydrogen) atoms. The molecule has 2 N–H and O–H groups in total. The van der Waals surface area contributed by atoms with Crippen LogP contribution in [0.25, 0.3) is 11.1 Å². The summed E-state index contributed by atoms with van der Waals surface area (Å²) in [7, 11) is 3.44. The molecular formula is C25H28FN7O. The van der Waals surface area contributed by atoms with Crippen molar-refractivity contribution in [1.29, 1.82) is 5.26 Å². The molecule has 0 radical (unpaired) electrons. The Labute approximate surface area is 198 Å². The molecule has 9 heteroatoms. The van der Waals surface area contributed by atoms with Gasteiger partial charge in [0.2, 0.25) is 0 Å². The number of nitriles is 1. The molecule has 176 valence electrons. The number of hydrogen-bond donors (Lipinski definition) is 1. The number of aromatic nitrogens is 3. The van der Waals surface area contributed by atoms with E-state index in [9.17, 15) is 14.4 Å². The fourth-order valence-corrected chi connectivity index (χ4v) is 4.84. The number of pyridine rings is 1. The van der Waals surface area contributed by atoms with Crippen molar-refractivity contribution in [2.24, 2.45) is 7.05 Å². The number of carbonyl (C=O) groups is 1. The van der Waals surface area contributed by atoms with Crippen molar-refractivity contribution in [3.63, 3.8) is 0 Å². The lowest BCUT2D eigenvalue weighted by atomic mass is 9.96. The first-order chi connectivity index (χ1) is 16.4. The molecular weight excluding hydrogens is 433 g/mol. The number of benzene rings is 1. The first kappa shape index (κ1) is 23.2. The average molecular weight is 462 g/mol. The van der Waals surface area contributed by atoms with E-state index in [4.69, 9.17) is 5.73 Å². The third-order valence-electron chi connectivity index (χ3n) is 6.36. The summed E-state index contributed by atoms with van der Waals surface area (Å²) in [5, 5.41) is 14.1. The van der Waals surface area contributed by atoms with Gasteiger partial charge in [0.25, 0.3) is 5.91 Å². The van der Waals surface area contributed by atoms with Crippen molar-refractivity contribution in [3.05, 3.63) is 58.8 Å². The van der Waals surface area contributed by atoms with Crippen LogP contribution >= 0.6 is 0 Å². The maximum Gasteiger partial charge on any atom is 0.254 e. The van der Waals surface area contributed by atoms with E-state index in [0.29, 0.717) is 46.0 Å². The number of hydrogen-bond acceptors (Lipinski definition) is 6. The number of nitrogens with zero attached hydrogens (tertiary/aromatic N) is 6. The van der Waals surface area contributed by atoms with E-state index in [2.05, 4.69) is 21.1 Å². The lowest BCUT2D eigenvalue weighted by molar-refractivity contribution is 0.0780. The highest BCUT2D eigenvalue weighted by Gasteiger charge is 2.33. The summed E-state index contributed by atoms with van der Waals surface area (Å²) in [5.74, 6) is -0.249. The Morgan fingerprint density at radius 3 is 2.74 bits per heavy atom. The fourth-order valence-electron chi connectivity index (χ4n) is 4.84. The summed E-state index contributed by atoms with van der Waals surface area (Å²) >= 11 is 0. The molecule has 3 aromatic rings. The highest BCUT2D eigenvalue weighted by atomic mass is 19.1. The molecule has 0 aliphatic carbocycles. The number of nitrogen functional groups attached to an aromatic ring is 1. The second-order valence-corrected chi connectivity index (χ2v) is 8.28. The van der Waals surface area contributed by atoms with Gasteiger partial charge >= 0.3 is 0 Å². The van der Waals surface area contributed by atoms with Gasteiger partial charge in [-0.15, -0.1) is 0 Å². The van der Waals surface area contributed by atoms with E-state index in [-0.39, 0.29) is 30.0 Å². The Bertz CT molecular complexity index is 1290. The molecule has 1 aromatic carbocycles. The van der Waals surface area contributed by atoms with Crippen LogP contribution in [0.15, 0.2) is 30.5 Å². The van der Waals surface area contributed by atoms with Gasteiger partial charge in [0.1, 0.15) is 17.7 Å². The highest BCUT2D eigenvalue weighted by molar-refractivity contribution is 5.96. The zero-order valence-corrected chi connectivity index (χ0v) is 19.8. The normalized spacial score (nSPS) is 16.8. The van der Waals surface area contributed by atoms with E-state index >= 15 is 0 Å². The fraction of sp³-hybridized carbons (Fsp3) is 0.360. The average Bonchev–Trinajstić information content (AvgIpc) is 3.44. The molecule has 5 rings (SSSR count). The molecule has 4 heterocycles. The van der Waals surface area contributed by atoms with Gasteiger partial charge in [0.05, 0.1) is 24.0 Å². The third kappa shape index (κ3) is 3.75. The summed E-state index contributed by atoms with van der Waals surface area (Å²) in [6.45, 7) is 4.93. The topological polar surface area (TPSA) is 104 Å². The van der Waals surface area contributed by atoms with Gasteiger partial charge in [0.15, 0.2) is 5.69 Å². The maximum absolute atomic E-state index is 14.3. The van der Waals surface area contributed by atoms with Crippen LogP contribution in [0.3, 0.4) is 0 Å². The SMILES string of the molecule is CC.CN1Cc2c(c(C#N)nn2C)-c2cnc(N)c(c2)N2CCCC2c2cc(F)ccc2C1=O. The Morgan fingerprint density at radius 2 is 2.00 bits per heavy atom. The molecule has 8 nitrogen and oxygen atoms in total. The van der Waals surface area contributed by atoms with Gasteiger partial charge in [-0.05, 0) is 42.7 Å². The van der Waals surface area contributed by atoms with E-state index in [1.165, 1.54) is 12.1 Å². The van der Waals surface area contributed by atoms with Crippen LogP contribution in [0.5, 0.6) is 0 Å². The van der Waals surface area contributed by atoms with Crippen molar-refractivity contribution in [3.8, 4) is 17.2 Å². The quantitative estimate of drug-likeness (QED) is 0.542. The van der Waals surface area contributed by atoms with Gasteiger partial charge in [-0.25, -0.2) is 9.37 Å². The molecule has 1 fully saturated rings. The summed E-state index contributed by atoms with van der Waals surface area (Å²) in [6, 6.07) is 8.19. The molecule has 1 amide bonds. The van der Waals surface area contributed by atoms with Crippen molar-refractivity contribution in [1.82, 2.24) is 19.7 Å². The molecule has 1 atom stereocenters. The first-order valence-electron chi connectivity index (χ1n) is 11.4. The van der Waals surface area contributed by atoms with Crippen molar-refractivity contribution in [2.75, 3.05) is 24.2 Å². The maximum atomic E-state index is 14.3. The Kier molecular flexibility index (Phi) is 6.24. The Hall–Kier alpha value is -3.93. The summed E-state index contributed by atoms with van der Waals surface area (Å²) in [4.78, 5) is 21.5. The van der Waals surface area contributed by atoms with Gasteiger partial charge in [-0.1, -0.05) is 13.8 Å². The second kappa shape index (κ2) is 9.14. The molecule has 0 spiro atoms. The van der Waals surface area contributed by atoms with Crippen LogP contribution in [0.1, 0.15) is 60.0 Å². The zero-order valence-electron chi connectivity index (χ0n) is 19.8. The minimum Gasteiger partial charge on any atom is -0.382 e. The number of amides is 1. The number of anilines is 2. The number of nitrogens with two attached hydrogens (primary N) is 1. The largest absolute Gasteiger partial charge is 0.382 e. The van der Waals surface area contributed by atoms with E-state index in [0.717, 1.165) is 12.8 Å². The number of carbonyl (C=O) groups excluding carboxylic acids is 1. The monoisotopic (exact) mass is 461 g/mol. The van der Waals surface area contributed by atoms with Crippen LogP contribution in [-0.2, 0) is 13.6 Å². The van der Waals surface area contributed by atoms with Crippen LogP contribution < -0.4 is 10.6 Å². The number of aryl methyl sites for hydroxylation is 1. The lowest BCUT2D eigenvalue weighted by Gasteiger charge is -2.31. The van der Waals surface area contributed by atoms with Crippen molar-refractivity contribution >= 4 is 17.4 Å². The predicted molar refractivity (Wildman–Crippen MR) is 128 cm³/mol. The molecule has 2 aliphatic rings. The molecule has 2 bridgehead atoms. The van der Waals surface area contributed by atoms with Gasteiger partial charge in [0, 0.05) is 43.5 Å². The number of rotatable bonds is 0. The van der Waals surface area contributed by atoms with E-state index < -0.39 is 0 Å². The molecule has 2 aliphatic heterocycles. The van der Waals surface area contributed by atoms with Gasteiger partial charge in [-0.2, -0.15) is 10.4 Å². The minimum absolute atomic E-state index is 0.208. The molecule has 1 unspecified atom stereocenters. The minimum atomic E-state index is -0.384. The Morgan fingerprint density at radius 1 is 1.24 bits per heavy atom.